The van der Waals surface area contributed by atoms with Crippen LogP contribution in [0.2, 0.25) is 5.28 Å². The normalized spacial score (nSPS) is 24.7. The van der Waals surface area contributed by atoms with Crippen molar-refractivity contribution < 1.29 is 53.5 Å². The molecule has 0 radical (unpaired) electrons. The molecule has 42 heavy (non-hydrogen) atoms. The van der Waals surface area contributed by atoms with E-state index in [2.05, 4.69) is 20.3 Å². The third-order valence-corrected chi connectivity index (χ3v) is 7.23. The number of aliphatic hydroxyl groups is 1. The fourth-order valence-electron chi connectivity index (χ4n) is 4.78. The first-order valence-corrected chi connectivity index (χ1v) is 12.6. The quantitative estimate of drug-likeness (QED) is 0.122. The van der Waals surface area contributed by atoms with Gasteiger partial charge in [0.1, 0.15) is 17.7 Å². The molecule has 222 valence electrons. The predicted molar refractivity (Wildman–Crippen MR) is 136 cm³/mol. The molecule has 2 aliphatic rings. The fourth-order valence-corrected chi connectivity index (χ4v) is 4.95. The number of halogens is 2. The number of benzene rings is 1. The van der Waals surface area contributed by atoms with E-state index in [9.17, 15) is 34.5 Å². The maximum absolute atomic E-state index is 15.6. The largest absolute Gasteiger partial charge is 0.481 e. The number of nitrogens with one attached hydrogen (secondary N) is 1. The van der Waals surface area contributed by atoms with Gasteiger partial charge in [0.25, 0.3) is 11.5 Å². The number of imidazole rings is 1. The van der Waals surface area contributed by atoms with Crippen LogP contribution in [0.5, 0.6) is 0 Å². The number of nitrogen functional groups attached to an aromatic ring is 1. The van der Waals surface area contributed by atoms with Gasteiger partial charge in [-0.05, 0) is 29.3 Å². The van der Waals surface area contributed by atoms with Crippen LogP contribution < -0.4 is 11.1 Å². The molecular weight excluding hydrogens is 587 g/mol. The van der Waals surface area contributed by atoms with E-state index in [0.29, 0.717) is 0 Å². The zero-order chi connectivity index (χ0) is 30.6. The van der Waals surface area contributed by atoms with Gasteiger partial charge in [0.15, 0.2) is 29.5 Å². The Morgan fingerprint density at radius 3 is 2.40 bits per heavy atom. The molecule has 2 aromatic heterocycles. The minimum absolute atomic E-state index is 0.00644. The van der Waals surface area contributed by atoms with Gasteiger partial charge in [-0.3, -0.25) is 14.2 Å². The Balaban J connectivity index is 1.33. The van der Waals surface area contributed by atoms with Crippen molar-refractivity contribution >= 4 is 52.4 Å². The van der Waals surface area contributed by atoms with E-state index < -0.39 is 66.0 Å². The zero-order valence-corrected chi connectivity index (χ0v) is 21.9. The molecule has 18 heteroatoms. The Labute approximate surface area is 238 Å². The van der Waals surface area contributed by atoms with E-state index in [1.165, 1.54) is 24.3 Å². The lowest BCUT2D eigenvalue weighted by molar-refractivity contribution is -0.194. The van der Waals surface area contributed by atoms with Gasteiger partial charge in [-0.1, -0.05) is 12.1 Å². The van der Waals surface area contributed by atoms with Gasteiger partial charge in [-0.15, -0.1) is 0 Å². The number of ether oxygens (including phenoxy) is 2. The zero-order valence-electron chi connectivity index (χ0n) is 21.2. The summed E-state index contributed by atoms with van der Waals surface area (Å²) in [6.45, 7) is -0.124. The summed E-state index contributed by atoms with van der Waals surface area (Å²) in [5.41, 5.74) is 0.715. The number of carboxylic acids is 3. The van der Waals surface area contributed by atoms with Gasteiger partial charge in [0, 0.05) is 18.5 Å². The van der Waals surface area contributed by atoms with Crippen molar-refractivity contribution in [2.45, 2.75) is 48.7 Å². The molecule has 1 saturated heterocycles. The summed E-state index contributed by atoms with van der Waals surface area (Å²) in [5, 5.41) is 41.7. The second-order valence-corrected chi connectivity index (χ2v) is 10.0. The summed E-state index contributed by atoms with van der Waals surface area (Å²) in [7, 11) is 0. The highest BCUT2D eigenvalue weighted by atomic mass is 35.5. The Hall–Kier alpha value is -4.45. The van der Waals surface area contributed by atoms with Crippen LogP contribution in [0.1, 0.15) is 28.6 Å². The monoisotopic (exact) mass is 608 g/mol. The van der Waals surface area contributed by atoms with E-state index in [1.807, 2.05) is 0 Å². The molecule has 1 aromatic carbocycles. The van der Waals surface area contributed by atoms with E-state index in [1.54, 1.807) is 0 Å². The van der Waals surface area contributed by atoms with Crippen molar-refractivity contribution in [2.75, 3.05) is 12.3 Å². The number of fused-ring (bicyclic) bond motifs is 2. The van der Waals surface area contributed by atoms with E-state index in [0.717, 1.165) is 10.9 Å². The standard InChI is InChI=1S/C24H22ClFN6O10/c25-22-30-16(27)12-17(31-22)32(8-29-12)19-13(26)24(40)14(41-19)15(24)42-23(20(36)37,21(38)39)7-9-1-3-10(4-2-9)18(35)28-6-5-11(33)34/h1-4,8,13-15,19,40H,5-7H2,(H,28,35)(H,33,34)(H,36,37)(H,38,39)(H2,27,30,31). The smallest absolute Gasteiger partial charge is 0.348 e. The number of nitrogens with zero attached hydrogens (tertiary/aromatic N) is 4. The maximum Gasteiger partial charge on any atom is 0.348 e. The Kier molecular flexibility index (Phi) is 7.22. The lowest BCUT2D eigenvalue weighted by Crippen LogP contribution is -2.53. The minimum atomic E-state index is -2.97. The average molecular weight is 609 g/mol. The van der Waals surface area contributed by atoms with E-state index in [4.69, 9.17) is 31.9 Å². The highest BCUT2D eigenvalue weighted by Gasteiger charge is 2.80. The highest BCUT2D eigenvalue weighted by molar-refractivity contribution is 6.28. The van der Waals surface area contributed by atoms with Crippen molar-refractivity contribution in [3.63, 3.8) is 0 Å². The number of hydrogen-bond donors (Lipinski definition) is 6. The first kappa shape index (κ1) is 29.1. The summed E-state index contributed by atoms with van der Waals surface area (Å²) in [4.78, 5) is 59.0. The number of alkyl halides is 1. The molecule has 5 unspecified atom stereocenters. The predicted octanol–water partition coefficient (Wildman–Crippen LogP) is -0.217. The average Bonchev–Trinajstić information content (AvgIpc) is 3.16. The van der Waals surface area contributed by atoms with Gasteiger partial charge in [0.05, 0.1) is 12.7 Å². The van der Waals surface area contributed by atoms with Gasteiger partial charge in [-0.2, -0.15) is 9.97 Å². The number of nitrogens with two attached hydrogens (primary N) is 1. The van der Waals surface area contributed by atoms with E-state index >= 15 is 4.39 Å². The fraction of sp³-hybridized carbons (Fsp3) is 0.375. The molecule has 7 N–H and O–H groups in total. The van der Waals surface area contributed by atoms with Gasteiger partial charge in [-0.25, -0.2) is 19.0 Å². The number of aromatic nitrogens is 4. The highest BCUT2D eigenvalue weighted by Crippen LogP contribution is 2.58. The van der Waals surface area contributed by atoms with Crippen LogP contribution in [-0.4, -0.2) is 99.9 Å². The van der Waals surface area contributed by atoms with Gasteiger partial charge in [0.2, 0.25) is 5.28 Å². The summed E-state index contributed by atoms with van der Waals surface area (Å²) < 4.78 is 27.8. The second-order valence-electron chi connectivity index (χ2n) is 9.69. The molecular formula is C24H22ClFN6O10. The van der Waals surface area contributed by atoms with E-state index in [-0.39, 0.29) is 46.4 Å². The van der Waals surface area contributed by atoms with Crippen LogP contribution >= 0.6 is 11.6 Å². The van der Waals surface area contributed by atoms with Crippen LogP contribution in [0.4, 0.5) is 10.2 Å². The third kappa shape index (κ3) is 4.75. The van der Waals surface area contributed by atoms with Crippen molar-refractivity contribution in [2.24, 2.45) is 0 Å². The van der Waals surface area contributed by atoms with Crippen LogP contribution in [0.15, 0.2) is 30.6 Å². The molecule has 3 heterocycles. The number of carbonyl (C=O) groups is 4. The number of carbonyl (C=O) groups excluding carboxylic acids is 1. The molecule has 5 atom stereocenters. The topological polar surface area (TPSA) is 249 Å². The van der Waals surface area contributed by atoms with Crippen LogP contribution in [0, 0.1) is 0 Å². The molecule has 0 spiro atoms. The van der Waals surface area contributed by atoms with Crippen LogP contribution in [-0.2, 0) is 30.3 Å². The molecule has 1 saturated carbocycles. The summed E-state index contributed by atoms with van der Waals surface area (Å²) in [6, 6.07) is 5.13. The molecule has 1 aliphatic heterocycles. The van der Waals surface area contributed by atoms with Crippen LogP contribution in [0.25, 0.3) is 11.2 Å². The maximum atomic E-state index is 15.6. The molecule has 5 rings (SSSR count). The number of hydrogen-bond acceptors (Lipinski definition) is 11. The van der Waals surface area contributed by atoms with Crippen molar-refractivity contribution in [1.29, 1.82) is 0 Å². The lowest BCUT2D eigenvalue weighted by Gasteiger charge is -2.28. The molecule has 3 aromatic rings. The Morgan fingerprint density at radius 1 is 1.17 bits per heavy atom. The third-order valence-electron chi connectivity index (χ3n) is 7.06. The van der Waals surface area contributed by atoms with Crippen molar-refractivity contribution in [1.82, 2.24) is 24.8 Å². The van der Waals surface area contributed by atoms with Crippen molar-refractivity contribution in [3.05, 3.63) is 47.0 Å². The molecule has 1 amide bonds. The van der Waals surface area contributed by atoms with Gasteiger partial charge < -0.3 is 41.0 Å². The Bertz CT molecular complexity index is 1590. The number of carboxylic acid groups (broad SMARTS) is 3. The van der Waals surface area contributed by atoms with Gasteiger partial charge >= 0.3 is 17.9 Å². The molecule has 2 fully saturated rings. The summed E-state index contributed by atoms with van der Waals surface area (Å²) in [5.74, 6) is -5.63. The first-order valence-electron chi connectivity index (χ1n) is 12.2. The molecule has 16 nitrogen and oxygen atoms in total. The van der Waals surface area contributed by atoms with Crippen LogP contribution in [0.3, 0.4) is 0 Å². The first-order chi connectivity index (χ1) is 19.8. The number of anilines is 1. The Morgan fingerprint density at radius 2 is 1.83 bits per heavy atom. The number of aliphatic carboxylic acids is 3. The minimum Gasteiger partial charge on any atom is -0.481 e. The second kappa shape index (κ2) is 10.4. The summed E-state index contributed by atoms with van der Waals surface area (Å²) >= 11 is 5.84. The van der Waals surface area contributed by atoms with Crippen molar-refractivity contribution in [3.8, 4) is 0 Å². The number of rotatable bonds is 11. The number of amides is 1. The lowest BCUT2D eigenvalue weighted by atomic mass is 9.93. The molecule has 1 aliphatic carbocycles. The SMILES string of the molecule is Nc1nc(Cl)nc2c1ncn2C1OC2C(OC(Cc3ccc(C(=O)NCCC(=O)O)cc3)(C(=O)O)C(=O)O)C2(O)C1F. The molecule has 0 bridgehead atoms. The summed E-state index contributed by atoms with van der Waals surface area (Å²) in [6.07, 6.45) is -6.78.